The van der Waals surface area contributed by atoms with Crippen molar-refractivity contribution in [2.24, 2.45) is 7.05 Å². The zero-order valence-corrected chi connectivity index (χ0v) is 14.1. The average molecular weight is 335 g/mol. The number of rotatable bonds is 4. The standard InChI is InChI=1S/C15H21N5O2S/c1-10-17-11(8-23-10)6-20-4-3-12(14(21)7-20)18-15(22)13-5-16-9-19(13)2/h5,8-9,12,14,21H,3-4,6-7H2,1-2H3,(H,18,22)/t12-,14-/m1/s1. The van der Waals surface area contributed by atoms with E-state index in [4.69, 9.17) is 0 Å². The SMILES string of the molecule is Cc1nc(CN2CC[C@@H](NC(=O)c3cncn3C)[C@H](O)C2)cs1. The number of aliphatic hydroxyl groups excluding tert-OH is 1. The van der Waals surface area contributed by atoms with Crippen molar-refractivity contribution in [1.82, 2.24) is 24.8 Å². The minimum Gasteiger partial charge on any atom is -0.390 e. The molecule has 1 aliphatic heterocycles. The van der Waals surface area contributed by atoms with Crippen LogP contribution in [0.2, 0.25) is 0 Å². The van der Waals surface area contributed by atoms with E-state index < -0.39 is 6.10 Å². The summed E-state index contributed by atoms with van der Waals surface area (Å²) in [5.41, 5.74) is 1.54. The van der Waals surface area contributed by atoms with E-state index in [0.717, 1.165) is 23.8 Å². The second-order valence-electron chi connectivity index (χ2n) is 5.92. The minimum absolute atomic E-state index is 0.197. The molecule has 1 aliphatic rings. The van der Waals surface area contributed by atoms with E-state index in [0.29, 0.717) is 18.7 Å². The van der Waals surface area contributed by atoms with Crippen molar-refractivity contribution in [2.75, 3.05) is 13.1 Å². The lowest BCUT2D eigenvalue weighted by Gasteiger charge is -2.35. The zero-order chi connectivity index (χ0) is 16.4. The first-order chi connectivity index (χ1) is 11.0. The van der Waals surface area contributed by atoms with Crippen LogP contribution in [-0.4, -0.2) is 55.7 Å². The second kappa shape index (κ2) is 6.77. The molecule has 1 saturated heterocycles. The average Bonchev–Trinajstić information content (AvgIpc) is 3.10. The molecule has 2 N–H and O–H groups in total. The number of hydrogen-bond donors (Lipinski definition) is 2. The number of nitrogens with zero attached hydrogens (tertiary/aromatic N) is 4. The maximum atomic E-state index is 12.2. The molecule has 0 spiro atoms. The summed E-state index contributed by atoms with van der Waals surface area (Å²) in [5.74, 6) is -0.197. The van der Waals surface area contributed by atoms with Crippen molar-refractivity contribution in [1.29, 1.82) is 0 Å². The van der Waals surface area contributed by atoms with Crippen molar-refractivity contribution < 1.29 is 9.90 Å². The Morgan fingerprint density at radius 3 is 3.00 bits per heavy atom. The Morgan fingerprint density at radius 1 is 1.57 bits per heavy atom. The molecule has 8 heteroatoms. The lowest BCUT2D eigenvalue weighted by molar-refractivity contribution is 0.0344. The fourth-order valence-corrected chi connectivity index (χ4v) is 3.44. The number of aryl methyl sites for hydroxylation is 2. The molecule has 3 heterocycles. The van der Waals surface area contributed by atoms with Crippen LogP contribution in [-0.2, 0) is 13.6 Å². The number of hydrogen-bond acceptors (Lipinski definition) is 6. The summed E-state index contributed by atoms with van der Waals surface area (Å²) < 4.78 is 1.67. The fourth-order valence-electron chi connectivity index (χ4n) is 2.84. The Balaban J connectivity index is 1.54. The molecule has 0 bridgehead atoms. The molecule has 23 heavy (non-hydrogen) atoms. The largest absolute Gasteiger partial charge is 0.390 e. The predicted octanol–water partition coefficient (Wildman–Crippen LogP) is 0.550. The molecule has 1 amide bonds. The van der Waals surface area contributed by atoms with Crippen LogP contribution in [0.15, 0.2) is 17.9 Å². The number of aliphatic hydroxyl groups is 1. The fraction of sp³-hybridized carbons (Fsp3) is 0.533. The van der Waals surface area contributed by atoms with Gasteiger partial charge in [0.1, 0.15) is 5.69 Å². The van der Waals surface area contributed by atoms with Gasteiger partial charge in [-0.05, 0) is 13.3 Å². The number of carbonyl (C=O) groups excluding carboxylic acids is 1. The summed E-state index contributed by atoms with van der Waals surface area (Å²) in [6.45, 7) is 4.09. The van der Waals surface area contributed by atoms with E-state index in [1.54, 1.807) is 29.3 Å². The molecule has 2 aromatic heterocycles. The first kappa shape index (κ1) is 16.1. The number of nitrogens with one attached hydrogen (secondary N) is 1. The van der Waals surface area contributed by atoms with Gasteiger partial charge in [-0.2, -0.15) is 0 Å². The molecule has 0 radical (unpaired) electrons. The highest BCUT2D eigenvalue weighted by Crippen LogP contribution is 2.16. The number of β-amino-alcohol motifs (C(OH)–C–C–N with tert-alkyl or cyclic N) is 1. The van der Waals surface area contributed by atoms with E-state index in [1.807, 2.05) is 6.92 Å². The monoisotopic (exact) mass is 335 g/mol. The third-order valence-electron chi connectivity index (χ3n) is 4.08. The van der Waals surface area contributed by atoms with E-state index in [-0.39, 0.29) is 11.9 Å². The third kappa shape index (κ3) is 3.77. The van der Waals surface area contributed by atoms with Crippen LogP contribution in [0.5, 0.6) is 0 Å². The third-order valence-corrected chi connectivity index (χ3v) is 4.91. The van der Waals surface area contributed by atoms with Crippen molar-refractivity contribution in [3.8, 4) is 0 Å². The molecule has 2 aromatic rings. The second-order valence-corrected chi connectivity index (χ2v) is 6.98. The Hall–Kier alpha value is -1.77. The van der Waals surface area contributed by atoms with Gasteiger partial charge in [0, 0.05) is 32.1 Å². The smallest absolute Gasteiger partial charge is 0.269 e. The van der Waals surface area contributed by atoms with Crippen LogP contribution in [0, 0.1) is 6.92 Å². The van der Waals surface area contributed by atoms with Crippen molar-refractivity contribution >= 4 is 17.2 Å². The summed E-state index contributed by atoms with van der Waals surface area (Å²) in [7, 11) is 1.77. The zero-order valence-electron chi connectivity index (χ0n) is 13.3. The van der Waals surface area contributed by atoms with Gasteiger partial charge < -0.3 is 15.0 Å². The molecule has 124 valence electrons. The van der Waals surface area contributed by atoms with Crippen LogP contribution in [0.3, 0.4) is 0 Å². The predicted molar refractivity (Wildman–Crippen MR) is 87.2 cm³/mol. The van der Waals surface area contributed by atoms with E-state index in [9.17, 15) is 9.90 Å². The van der Waals surface area contributed by atoms with E-state index in [2.05, 4.69) is 25.6 Å². The number of imidazole rings is 1. The number of aromatic nitrogens is 3. The molecular formula is C15H21N5O2S. The van der Waals surface area contributed by atoms with Gasteiger partial charge in [-0.25, -0.2) is 9.97 Å². The van der Waals surface area contributed by atoms with Crippen molar-refractivity contribution in [3.05, 3.63) is 34.3 Å². The van der Waals surface area contributed by atoms with Gasteiger partial charge >= 0.3 is 0 Å². The number of piperidine rings is 1. The lowest BCUT2D eigenvalue weighted by Crippen LogP contribution is -2.54. The maximum absolute atomic E-state index is 12.2. The molecule has 0 aromatic carbocycles. The van der Waals surface area contributed by atoms with Gasteiger partial charge in [-0.1, -0.05) is 0 Å². The van der Waals surface area contributed by atoms with Gasteiger partial charge in [0.2, 0.25) is 0 Å². The summed E-state index contributed by atoms with van der Waals surface area (Å²) >= 11 is 1.64. The van der Waals surface area contributed by atoms with Crippen molar-refractivity contribution in [3.63, 3.8) is 0 Å². The lowest BCUT2D eigenvalue weighted by atomic mass is 10.0. The summed E-state index contributed by atoms with van der Waals surface area (Å²) in [6, 6.07) is -0.231. The highest BCUT2D eigenvalue weighted by atomic mass is 32.1. The van der Waals surface area contributed by atoms with Gasteiger partial charge in [-0.15, -0.1) is 11.3 Å². The Morgan fingerprint density at radius 2 is 2.39 bits per heavy atom. The van der Waals surface area contributed by atoms with Gasteiger partial charge in [0.15, 0.2) is 0 Å². The normalized spacial score (nSPS) is 22.2. The van der Waals surface area contributed by atoms with Crippen LogP contribution in [0.25, 0.3) is 0 Å². The summed E-state index contributed by atoms with van der Waals surface area (Å²) in [6.07, 6.45) is 3.25. The van der Waals surface area contributed by atoms with Crippen LogP contribution >= 0.6 is 11.3 Å². The number of amides is 1. The summed E-state index contributed by atoms with van der Waals surface area (Å²) in [5, 5.41) is 16.4. The highest BCUT2D eigenvalue weighted by molar-refractivity contribution is 7.09. The Kier molecular flexibility index (Phi) is 4.74. The van der Waals surface area contributed by atoms with E-state index in [1.165, 1.54) is 6.20 Å². The molecule has 0 unspecified atom stereocenters. The molecule has 0 saturated carbocycles. The highest BCUT2D eigenvalue weighted by Gasteiger charge is 2.29. The van der Waals surface area contributed by atoms with Crippen LogP contribution < -0.4 is 5.32 Å². The Bertz CT molecular complexity index is 683. The van der Waals surface area contributed by atoms with Crippen molar-refractivity contribution in [2.45, 2.75) is 32.0 Å². The Labute approximate surface area is 139 Å². The first-order valence-electron chi connectivity index (χ1n) is 7.61. The number of carbonyl (C=O) groups is 1. The summed E-state index contributed by atoms with van der Waals surface area (Å²) in [4.78, 5) is 22.8. The van der Waals surface area contributed by atoms with Gasteiger partial charge in [0.05, 0.1) is 35.4 Å². The topological polar surface area (TPSA) is 83.3 Å². The quantitative estimate of drug-likeness (QED) is 0.853. The van der Waals surface area contributed by atoms with Crippen LogP contribution in [0.1, 0.15) is 27.6 Å². The first-order valence-corrected chi connectivity index (χ1v) is 8.49. The van der Waals surface area contributed by atoms with Gasteiger partial charge in [-0.3, -0.25) is 9.69 Å². The maximum Gasteiger partial charge on any atom is 0.269 e. The van der Waals surface area contributed by atoms with Crippen LogP contribution in [0.4, 0.5) is 0 Å². The minimum atomic E-state index is -0.583. The molecule has 3 rings (SSSR count). The number of thiazole rings is 1. The molecule has 1 fully saturated rings. The molecule has 2 atom stereocenters. The van der Waals surface area contributed by atoms with E-state index >= 15 is 0 Å². The molecular weight excluding hydrogens is 314 g/mol. The number of likely N-dealkylation sites (tertiary alicyclic amines) is 1. The van der Waals surface area contributed by atoms with Gasteiger partial charge in [0.25, 0.3) is 5.91 Å². The molecule has 0 aliphatic carbocycles. The molecule has 7 nitrogen and oxygen atoms in total.